The zero-order valence-electron chi connectivity index (χ0n) is 8.67. The van der Waals surface area contributed by atoms with Gasteiger partial charge in [0.15, 0.2) is 5.82 Å². The van der Waals surface area contributed by atoms with Crippen molar-refractivity contribution in [1.82, 2.24) is 0 Å². The molecule has 1 aromatic rings. The Morgan fingerprint density at radius 3 is 2.62 bits per heavy atom. The molecule has 3 nitrogen and oxygen atoms in total. The Morgan fingerprint density at radius 2 is 2.00 bits per heavy atom. The number of nitrogen functional groups attached to an aromatic ring is 1. The van der Waals surface area contributed by atoms with E-state index in [9.17, 15) is 13.6 Å². The molecule has 5 heteroatoms. The summed E-state index contributed by atoms with van der Waals surface area (Å²) in [4.78, 5) is 12.9. The molecule has 0 spiro atoms. The van der Waals surface area contributed by atoms with E-state index < -0.39 is 11.6 Å². The Morgan fingerprint density at radius 1 is 1.25 bits per heavy atom. The second-order valence-corrected chi connectivity index (χ2v) is 3.83. The van der Waals surface area contributed by atoms with Crippen LogP contribution in [0.5, 0.6) is 0 Å². The van der Waals surface area contributed by atoms with E-state index in [2.05, 4.69) is 0 Å². The minimum Gasteiger partial charge on any atom is -0.397 e. The van der Waals surface area contributed by atoms with E-state index in [0.717, 1.165) is 25.0 Å². The van der Waals surface area contributed by atoms with Crippen LogP contribution in [0, 0.1) is 11.6 Å². The standard InChI is InChI=1S/C11H12F2N2O/c12-7-5-8(13)11(9(14)6-7)15-4-2-1-3-10(15)16/h5-6H,1-4,14H2. The van der Waals surface area contributed by atoms with Crippen LogP contribution in [-0.4, -0.2) is 12.5 Å². The third-order valence-corrected chi connectivity index (χ3v) is 2.65. The molecule has 0 radical (unpaired) electrons. The lowest BCUT2D eigenvalue weighted by atomic mass is 10.1. The van der Waals surface area contributed by atoms with Crippen LogP contribution in [-0.2, 0) is 4.79 Å². The number of piperidine rings is 1. The number of carbonyl (C=O) groups excluding carboxylic acids is 1. The number of benzene rings is 1. The predicted molar refractivity (Wildman–Crippen MR) is 57.0 cm³/mol. The zero-order chi connectivity index (χ0) is 11.7. The first kappa shape index (κ1) is 10.9. The van der Waals surface area contributed by atoms with E-state index in [1.807, 2.05) is 0 Å². The fraction of sp³-hybridized carbons (Fsp3) is 0.364. The van der Waals surface area contributed by atoms with Gasteiger partial charge in [-0.3, -0.25) is 4.79 Å². The topological polar surface area (TPSA) is 46.3 Å². The van der Waals surface area contributed by atoms with Crippen LogP contribution < -0.4 is 10.6 Å². The summed E-state index contributed by atoms with van der Waals surface area (Å²) in [7, 11) is 0. The van der Waals surface area contributed by atoms with Gasteiger partial charge in [-0.05, 0) is 18.9 Å². The number of anilines is 2. The van der Waals surface area contributed by atoms with Gasteiger partial charge in [0.05, 0.1) is 5.69 Å². The van der Waals surface area contributed by atoms with Crippen molar-refractivity contribution in [3.05, 3.63) is 23.8 Å². The number of hydrogen-bond donors (Lipinski definition) is 1. The summed E-state index contributed by atoms with van der Waals surface area (Å²) in [6.45, 7) is 0.436. The van der Waals surface area contributed by atoms with Gasteiger partial charge in [-0.2, -0.15) is 0 Å². The van der Waals surface area contributed by atoms with Crippen LogP contribution in [0.3, 0.4) is 0 Å². The number of rotatable bonds is 1. The molecule has 2 N–H and O–H groups in total. The molecule has 16 heavy (non-hydrogen) atoms. The summed E-state index contributed by atoms with van der Waals surface area (Å²) in [5.41, 5.74) is 5.51. The van der Waals surface area contributed by atoms with Crippen molar-refractivity contribution in [2.75, 3.05) is 17.2 Å². The fourth-order valence-electron chi connectivity index (χ4n) is 1.91. The van der Waals surface area contributed by atoms with Crippen molar-refractivity contribution < 1.29 is 13.6 Å². The first-order valence-corrected chi connectivity index (χ1v) is 5.14. The lowest BCUT2D eigenvalue weighted by molar-refractivity contribution is -0.119. The molecule has 1 aromatic carbocycles. The average molecular weight is 226 g/mol. The summed E-state index contributed by atoms with van der Waals surface area (Å²) in [5.74, 6) is -1.68. The second kappa shape index (κ2) is 4.08. The lowest BCUT2D eigenvalue weighted by Crippen LogP contribution is -2.36. The molecule has 0 unspecified atom stereocenters. The molecule has 1 aliphatic heterocycles. The van der Waals surface area contributed by atoms with E-state index >= 15 is 0 Å². The van der Waals surface area contributed by atoms with Crippen molar-refractivity contribution in [2.24, 2.45) is 0 Å². The molecule has 1 fully saturated rings. The van der Waals surface area contributed by atoms with Gasteiger partial charge < -0.3 is 10.6 Å². The van der Waals surface area contributed by atoms with Crippen molar-refractivity contribution in [3.8, 4) is 0 Å². The van der Waals surface area contributed by atoms with Crippen molar-refractivity contribution in [1.29, 1.82) is 0 Å². The van der Waals surface area contributed by atoms with Crippen LogP contribution in [0.2, 0.25) is 0 Å². The summed E-state index contributed by atoms with van der Waals surface area (Å²) in [6.07, 6.45) is 2.00. The first-order chi connectivity index (χ1) is 7.59. The molecule has 0 atom stereocenters. The molecule has 1 amide bonds. The van der Waals surface area contributed by atoms with Gasteiger partial charge in [-0.25, -0.2) is 8.78 Å². The minimum atomic E-state index is -0.784. The third-order valence-electron chi connectivity index (χ3n) is 2.65. The molecule has 0 saturated carbocycles. The highest BCUT2D eigenvalue weighted by atomic mass is 19.1. The monoisotopic (exact) mass is 226 g/mol. The molecule has 1 saturated heterocycles. The Balaban J connectivity index is 2.42. The van der Waals surface area contributed by atoms with Gasteiger partial charge in [-0.1, -0.05) is 0 Å². The number of nitrogens with zero attached hydrogens (tertiary/aromatic N) is 1. The van der Waals surface area contributed by atoms with Gasteiger partial charge in [0.25, 0.3) is 0 Å². The van der Waals surface area contributed by atoms with E-state index in [1.54, 1.807) is 0 Å². The van der Waals surface area contributed by atoms with Crippen LogP contribution in [0.25, 0.3) is 0 Å². The lowest BCUT2D eigenvalue weighted by Gasteiger charge is -2.28. The molecule has 0 aliphatic carbocycles. The second-order valence-electron chi connectivity index (χ2n) is 3.83. The summed E-state index contributed by atoms with van der Waals surface area (Å²) < 4.78 is 26.4. The van der Waals surface area contributed by atoms with E-state index in [-0.39, 0.29) is 17.3 Å². The van der Waals surface area contributed by atoms with Gasteiger partial charge >= 0.3 is 0 Å². The molecular formula is C11H12F2N2O. The zero-order valence-corrected chi connectivity index (χ0v) is 8.67. The smallest absolute Gasteiger partial charge is 0.227 e. The molecule has 0 aromatic heterocycles. The third kappa shape index (κ3) is 1.85. The van der Waals surface area contributed by atoms with Crippen molar-refractivity contribution >= 4 is 17.3 Å². The number of hydrogen-bond acceptors (Lipinski definition) is 2. The van der Waals surface area contributed by atoms with Crippen LogP contribution in [0.15, 0.2) is 12.1 Å². The Bertz CT molecular complexity index is 411. The van der Waals surface area contributed by atoms with Crippen molar-refractivity contribution in [3.63, 3.8) is 0 Å². The first-order valence-electron chi connectivity index (χ1n) is 5.14. The van der Waals surface area contributed by atoms with E-state index in [1.165, 1.54) is 4.90 Å². The maximum Gasteiger partial charge on any atom is 0.227 e. The molecule has 2 rings (SSSR count). The van der Waals surface area contributed by atoms with Crippen LogP contribution in [0.4, 0.5) is 20.2 Å². The molecule has 1 heterocycles. The van der Waals surface area contributed by atoms with Gasteiger partial charge in [0.2, 0.25) is 5.91 Å². The summed E-state index contributed by atoms with van der Waals surface area (Å²) in [5, 5.41) is 0. The van der Waals surface area contributed by atoms with E-state index in [0.29, 0.717) is 13.0 Å². The number of amides is 1. The SMILES string of the molecule is Nc1cc(F)cc(F)c1N1CCCCC1=O. The molecular weight excluding hydrogens is 214 g/mol. The summed E-state index contributed by atoms with van der Waals surface area (Å²) >= 11 is 0. The van der Waals surface area contributed by atoms with Gasteiger partial charge in [0.1, 0.15) is 11.5 Å². The van der Waals surface area contributed by atoms with Crippen LogP contribution >= 0.6 is 0 Å². The van der Waals surface area contributed by atoms with Crippen LogP contribution in [0.1, 0.15) is 19.3 Å². The highest BCUT2D eigenvalue weighted by Crippen LogP contribution is 2.30. The molecule has 86 valence electrons. The molecule has 0 bridgehead atoms. The largest absolute Gasteiger partial charge is 0.397 e. The maximum atomic E-state index is 13.6. The Labute approximate surface area is 91.8 Å². The van der Waals surface area contributed by atoms with Gasteiger partial charge in [0, 0.05) is 19.0 Å². The quantitative estimate of drug-likeness (QED) is 0.745. The number of nitrogens with two attached hydrogens (primary N) is 1. The predicted octanol–water partition coefficient (Wildman–Crippen LogP) is 2.06. The Hall–Kier alpha value is -1.65. The van der Waals surface area contributed by atoms with Gasteiger partial charge in [-0.15, -0.1) is 0 Å². The molecule has 1 aliphatic rings. The van der Waals surface area contributed by atoms with Crippen molar-refractivity contribution in [2.45, 2.75) is 19.3 Å². The minimum absolute atomic E-state index is 0.00565. The number of carbonyl (C=O) groups is 1. The summed E-state index contributed by atoms with van der Waals surface area (Å²) in [6, 6.07) is 1.77. The maximum absolute atomic E-state index is 13.6. The van der Waals surface area contributed by atoms with E-state index in [4.69, 9.17) is 5.73 Å². The normalized spacial score (nSPS) is 16.6. The average Bonchev–Trinajstić information content (AvgIpc) is 2.19. The Kier molecular flexibility index (Phi) is 2.77. The highest BCUT2D eigenvalue weighted by molar-refractivity contribution is 5.97. The number of halogens is 2. The highest BCUT2D eigenvalue weighted by Gasteiger charge is 2.24. The fourth-order valence-corrected chi connectivity index (χ4v) is 1.91.